The zero-order valence-electron chi connectivity index (χ0n) is 77.1. The maximum Gasteiger partial charge on any atom is 0.407 e. The number of pyridine rings is 1. The lowest BCUT2D eigenvalue weighted by Gasteiger charge is -2.42. The number of fused-ring (bicyclic) bond motifs is 6. The fraction of sp³-hybridized carbons (Fsp3) is 0.521. The number of ether oxygens (including phenoxy) is 5. The first kappa shape index (κ1) is 96.8. The first-order valence-electron chi connectivity index (χ1n) is 46.0. The normalized spacial score (nSPS) is 27.9. The number of aliphatic imine (C=N–C) groups is 2. The molecule has 7 aromatic rings. The monoisotopic (exact) mass is 1830 g/mol. The minimum Gasteiger partial charge on any atom is -0.459 e. The second-order valence-electron chi connectivity index (χ2n) is 36.3. The highest BCUT2D eigenvalue weighted by Crippen LogP contribution is 2.39. The van der Waals surface area contributed by atoms with Gasteiger partial charge in [0.15, 0.2) is 11.4 Å². The molecule has 1 aliphatic carbocycles. The first-order valence-corrected chi connectivity index (χ1v) is 46.0. The summed E-state index contributed by atoms with van der Waals surface area (Å²) < 4.78 is 32.1. The van der Waals surface area contributed by atoms with Gasteiger partial charge in [0.05, 0.1) is 35.8 Å². The number of ketones is 3. The number of piperazine rings is 2. The van der Waals surface area contributed by atoms with E-state index < -0.39 is 120 Å². The average Bonchev–Trinajstić information content (AvgIpc) is 1.74. The Morgan fingerprint density at radius 3 is 2.21 bits per heavy atom. The van der Waals surface area contributed by atoms with Gasteiger partial charge in [-0.15, -0.1) is 0 Å². The molecule has 0 unspecified atom stereocenters. The van der Waals surface area contributed by atoms with Crippen molar-refractivity contribution >= 4 is 99.6 Å². The molecule has 6 aliphatic heterocycles. The Labute approximate surface area is 772 Å². The van der Waals surface area contributed by atoms with Gasteiger partial charge in [0, 0.05) is 195 Å². The van der Waals surface area contributed by atoms with Gasteiger partial charge >= 0.3 is 12.1 Å². The third-order valence-corrected chi connectivity index (χ3v) is 26.9. The van der Waals surface area contributed by atoms with Crippen molar-refractivity contribution in [1.82, 2.24) is 74.6 Å². The number of piperidine rings is 1. The maximum atomic E-state index is 14.8. The van der Waals surface area contributed by atoms with Crippen LogP contribution in [0.3, 0.4) is 0 Å². The van der Waals surface area contributed by atoms with Crippen LogP contribution >= 0.6 is 0 Å². The number of amides is 4. The number of guanidine groups is 1. The average molecular weight is 1830 g/mol. The van der Waals surface area contributed by atoms with E-state index in [2.05, 4.69) is 74.0 Å². The summed E-state index contributed by atoms with van der Waals surface area (Å²) in [6.45, 7) is 21.0. The third kappa shape index (κ3) is 23.0. The smallest absolute Gasteiger partial charge is 0.407 e. The number of hydrogen-bond acceptors (Lipinski definition) is 29. The molecule has 37 heteroatoms. The Morgan fingerprint density at radius 2 is 1.49 bits per heavy atom. The number of aromatic amines is 1. The molecule has 6 aromatic heterocycles. The molecule has 14 rings (SSSR count). The molecule has 12 heterocycles. The van der Waals surface area contributed by atoms with Crippen molar-refractivity contribution < 1.29 is 77.4 Å². The number of benzene rings is 1. The van der Waals surface area contributed by atoms with Crippen LogP contribution in [0.15, 0.2) is 143 Å². The zero-order valence-corrected chi connectivity index (χ0v) is 77.1. The van der Waals surface area contributed by atoms with Gasteiger partial charge in [-0.3, -0.25) is 28.8 Å². The summed E-state index contributed by atoms with van der Waals surface area (Å²) in [4.78, 5) is 168. The van der Waals surface area contributed by atoms with E-state index in [9.17, 15) is 53.7 Å². The molecule has 0 spiro atoms. The lowest BCUT2D eigenvalue weighted by Crippen LogP contribution is -2.61. The van der Waals surface area contributed by atoms with E-state index in [1.807, 2.05) is 92.9 Å². The summed E-state index contributed by atoms with van der Waals surface area (Å²) in [7, 11) is 3.06. The highest BCUT2D eigenvalue weighted by molar-refractivity contribution is 6.39. The predicted octanol–water partition coefficient (Wildman–Crippen LogP) is 7.68. The van der Waals surface area contributed by atoms with Crippen molar-refractivity contribution in [3.63, 3.8) is 0 Å². The maximum absolute atomic E-state index is 14.8. The van der Waals surface area contributed by atoms with E-state index in [-0.39, 0.29) is 61.6 Å². The van der Waals surface area contributed by atoms with Crippen molar-refractivity contribution in [3.8, 4) is 11.3 Å². The fourth-order valence-corrected chi connectivity index (χ4v) is 18.9. The summed E-state index contributed by atoms with van der Waals surface area (Å²) in [5.41, 5.74) is 22.0. The van der Waals surface area contributed by atoms with E-state index >= 15 is 0 Å². The van der Waals surface area contributed by atoms with Crippen LogP contribution in [0.1, 0.15) is 158 Å². The van der Waals surface area contributed by atoms with Gasteiger partial charge in [-0.05, 0) is 150 Å². The zero-order chi connectivity index (χ0) is 94.5. The van der Waals surface area contributed by atoms with Crippen LogP contribution in [0.5, 0.6) is 0 Å². The number of nitrogens with zero attached hydrogens (tertiary/aromatic N) is 17. The molecule has 0 radical (unpaired) electrons. The van der Waals surface area contributed by atoms with Crippen molar-refractivity contribution in [1.29, 1.82) is 0 Å². The van der Waals surface area contributed by atoms with Gasteiger partial charge in [0.2, 0.25) is 23.6 Å². The second-order valence-corrected chi connectivity index (χ2v) is 36.3. The Hall–Kier alpha value is -12.3. The quantitative estimate of drug-likeness (QED) is 0.0122. The van der Waals surface area contributed by atoms with Gasteiger partial charge in [-0.25, -0.2) is 59.1 Å². The molecule has 2 bridgehead atoms. The Kier molecular flexibility index (Phi) is 31.7. The van der Waals surface area contributed by atoms with E-state index in [1.54, 1.807) is 70.7 Å². The van der Waals surface area contributed by atoms with Crippen molar-refractivity contribution in [2.45, 2.75) is 212 Å². The number of carbonyl (C=O) groups excluding carboxylic acids is 8. The van der Waals surface area contributed by atoms with Crippen LogP contribution in [0.25, 0.3) is 33.3 Å². The number of carbonyl (C=O) groups is 8. The Morgan fingerprint density at radius 1 is 0.759 bits per heavy atom. The summed E-state index contributed by atoms with van der Waals surface area (Å²) in [6.07, 6.45) is 20.0. The molecule has 133 heavy (non-hydrogen) atoms. The molecular formula is C96H123N21O16. The number of methoxy groups -OCH3 is 2. The van der Waals surface area contributed by atoms with Gasteiger partial charge in [0.1, 0.15) is 59.7 Å². The predicted molar refractivity (Wildman–Crippen MR) is 496 cm³/mol. The molecule has 4 amide bonds. The number of esters is 1. The highest BCUT2D eigenvalue weighted by atomic mass is 16.6. The largest absolute Gasteiger partial charge is 0.459 e. The molecule has 9 N–H and O–H groups in total. The number of aromatic nitrogens is 10. The molecule has 708 valence electrons. The van der Waals surface area contributed by atoms with Crippen molar-refractivity contribution in [2.75, 3.05) is 95.2 Å². The molecule has 1 aromatic carbocycles. The number of rotatable bonds is 16. The standard InChI is InChI=1S/C96H123N21O16/c1-56-16-12-11-13-17-57(2)76(129-9)44-71-23-19-62(7)96(128,133-71)84(122)90(125)116-28-15-14-18-73(116)91(126)131-77(45-74(118)58(3)39-60(5)82(120)83(121)81(119)59(4)38-56)72(97)41-63-21-24-75(78(42-63)130-10)132-95(127)107-49-65-47-103-93(104-48-65)113-34-36-114(37-35-113)94-105-51-70(52-106-94)89(124)111-30-32-112(33-31-111)92(99-8)102-46-61(6)88(123)115-29-26-66-40-64(20-22-68(66)54-115)53-117-87-79(85(98)108-55-109-87)80(110-117)69-43-67-25-27-100-86(67)101-50-69/h11-13,16-17,20,22,25,27,39-40,43,46-48,50-52,55-56,58-59,62-63,71-73,75-78,82-83,120-121,128H,8,14-15,18-19,21,23-24,26,28-38,41-42,44-45,49,53-54,97H2,1-7,9-10H3,(H,100,101)(H,107,127)(H2,98,108,109)/b13-11+,16-12+,57-17+,60-39+,61-46+,102-92?/t56-,58-,59-,62-,63+,71+,72-,73+,75-,76+,77+,78-,82-,83+,96-/m1/s1. The lowest BCUT2D eigenvalue weighted by atomic mass is 9.80. The van der Waals surface area contributed by atoms with Crippen molar-refractivity contribution in [2.24, 2.45) is 45.3 Å². The summed E-state index contributed by atoms with van der Waals surface area (Å²) in [5.74, 6) is -8.12. The van der Waals surface area contributed by atoms with Gasteiger partial charge in [-0.1, -0.05) is 82.4 Å². The van der Waals surface area contributed by atoms with Gasteiger partial charge in [-0.2, -0.15) is 5.10 Å². The Bertz CT molecular complexity index is 5580. The molecule has 7 aliphatic rings. The third-order valence-electron chi connectivity index (χ3n) is 26.9. The second kappa shape index (κ2) is 43.6. The molecule has 4 saturated heterocycles. The van der Waals surface area contributed by atoms with E-state index in [0.717, 1.165) is 43.8 Å². The molecular weight excluding hydrogens is 1700 g/mol. The van der Waals surface area contributed by atoms with Crippen LogP contribution in [-0.4, -0.2) is 285 Å². The number of H-pyrrole nitrogens is 1. The SMILES string of the molecule is C=NC(=N/C=C(\C)C(=O)N1CCc2cc(Cn3nc(-c4cnc5[nH]ccc5c4)c4c(N)ncnc43)ccc2C1)N1CCN(C(=O)c2cnc(N3CCN(c4ncc(CNC(=O)O[C@@H]5CC[C@@H](C[C@@H](N)[C@@H]6CC(=O)[C@H](C)/C=C(\C)[C@@H](O)[C@@H](O)C(=O)[C@H](C)C[C@H](C)/C=C/C=C/C=C(\C)[C@@H](OC)C[C@@H]7CC[C@@H](C)[C@@](O)(O7)C(=O)C(=O)N7CCCC[C@H]7C(=O)O6)C[C@H]5OC)cn4)CC3)nc2)CC1. The van der Waals surface area contributed by atoms with Crippen LogP contribution in [-0.2, 0) is 78.5 Å². The number of allylic oxidation sites excluding steroid dienone is 6. The van der Waals surface area contributed by atoms with Crippen molar-refractivity contribution in [3.05, 3.63) is 161 Å². The van der Waals surface area contributed by atoms with Crippen LogP contribution in [0.2, 0.25) is 0 Å². The van der Waals surface area contributed by atoms with Crippen LogP contribution in [0, 0.1) is 29.6 Å². The summed E-state index contributed by atoms with van der Waals surface area (Å²) in [6, 6.07) is 7.96. The fourth-order valence-electron chi connectivity index (χ4n) is 18.9. The number of hydrogen-bond donors (Lipinski definition) is 7. The van der Waals surface area contributed by atoms with Gasteiger partial charge < -0.3 is 90.2 Å². The van der Waals surface area contributed by atoms with E-state index in [1.165, 1.54) is 32.6 Å². The summed E-state index contributed by atoms with van der Waals surface area (Å²) in [5, 5.41) is 44.1. The first-order chi connectivity index (χ1) is 63.9. The number of anilines is 3. The topological polar surface area (TPSA) is 475 Å². The van der Waals surface area contributed by atoms with E-state index in [4.69, 9.17) is 40.3 Å². The minimum absolute atomic E-state index is 0.0120. The number of nitrogens with one attached hydrogen (secondary N) is 2. The van der Waals surface area contributed by atoms with Crippen LogP contribution < -0.4 is 26.6 Å². The molecule has 5 fully saturated rings. The van der Waals surface area contributed by atoms with E-state index in [0.29, 0.717) is 187 Å². The molecule has 1 saturated carbocycles. The number of aliphatic hydroxyl groups is 3. The van der Waals surface area contributed by atoms with Gasteiger partial charge in [0.25, 0.3) is 23.5 Å². The Balaban J connectivity index is 0.526. The number of aliphatic hydroxyl groups excluding tert-OH is 2. The molecule has 37 nitrogen and oxygen atoms in total. The summed E-state index contributed by atoms with van der Waals surface area (Å²) >= 11 is 0. The molecule has 15 atom stereocenters. The number of Topliss-reactive ketones (excluding diaryl/α,β-unsaturated/α-hetero) is 3. The van der Waals surface area contributed by atoms with Crippen LogP contribution in [0.4, 0.5) is 22.5 Å². The number of alkyl carbamates (subject to hydrolysis) is 1. The minimum atomic E-state index is -2.52. The number of cyclic esters (lactones) is 1. The lowest BCUT2D eigenvalue weighted by molar-refractivity contribution is -0.265. The number of nitrogen functional groups attached to an aromatic ring is 1. The highest BCUT2D eigenvalue weighted by Gasteiger charge is 2.53. The number of nitrogens with two attached hydrogens (primary N) is 2.